The van der Waals surface area contributed by atoms with Gasteiger partial charge in [-0.2, -0.15) is 0 Å². The molecular weight excluding hydrogens is 206 g/mol. The van der Waals surface area contributed by atoms with Gasteiger partial charge in [-0.3, -0.25) is 0 Å². The van der Waals surface area contributed by atoms with Crippen LogP contribution in [0, 0.1) is 5.92 Å². The summed E-state index contributed by atoms with van der Waals surface area (Å²) >= 11 is 0. The van der Waals surface area contributed by atoms with Gasteiger partial charge in [0.2, 0.25) is 0 Å². The van der Waals surface area contributed by atoms with Crippen LogP contribution in [0.4, 0.5) is 0 Å². The minimum Gasteiger partial charge on any atom is -0.303 e. The molecule has 1 heteroatoms. The molecule has 0 atom stereocenters. The number of nitrogens with zero attached hydrogens (tertiary/aromatic N) is 1. The molecule has 1 nitrogen and oxygen atoms in total. The molecule has 0 aromatic heterocycles. The maximum Gasteiger partial charge on any atom is 0.00922 e. The third-order valence-corrected chi connectivity index (χ3v) is 2.77. The van der Waals surface area contributed by atoms with Crippen molar-refractivity contribution >= 4 is 0 Å². The Hall–Kier alpha value is -0.0400. The van der Waals surface area contributed by atoms with E-state index in [1.54, 1.807) is 0 Å². The highest BCUT2D eigenvalue weighted by molar-refractivity contribution is 4.72. The van der Waals surface area contributed by atoms with E-state index in [0.717, 1.165) is 12.0 Å². The van der Waals surface area contributed by atoms with Gasteiger partial charge in [0.25, 0.3) is 0 Å². The highest BCUT2D eigenvalue weighted by Crippen LogP contribution is 2.21. The first kappa shape index (κ1) is 19.3. The van der Waals surface area contributed by atoms with E-state index in [0.29, 0.717) is 0 Å². The van der Waals surface area contributed by atoms with Gasteiger partial charge in [0.15, 0.2) is 0 Å². The third-order valence-electron chi connectivity index (χ3n) is 2.77. The van der Waals surface area contributed by atoms with Crippen LogP contribution in [0.3, 0.4) is 0 Å². The molecule has 0 aromatic carbocycles. The quantitative estimate of drug-likeness (QED) is 0.646. The summed E-state index contributed by atoms with van der Waals surface area (Å²) in [5.41, 5.74) is 0. The summed E-state index contributed by atoms with van der Waals surface area (Å²) in [5, 5.41) is 0. The summed E-state index contributed by atoms with van der Waals surface area (Å²) in [6, 6.07) is 0.906. The van der Waals surface area contributed by atoms with Crippen LogP contribution in [0.25, 0.3) is 0 Å². The first-order chi connectivity index (χ1) is 8.07. The number of hydrogen-bond donors (Lipinski definition) is 0. The minimum atomic E-state index is 0.833. The highest BCUT2D eigenvalue weighted by Gasteiger charge is 2.16. The highest BCUT2D eigenvalue weighted by atomic mass is 15.1. The van der Waals surface area contributed by atoms with Crippen molar-refractivity contribution in [2.45, 2.75) is 86.1 Å². The lowest BCUT2D eigenvalue weighted by molar-refractivity contribution is 0.192. The zero-order chi connectivity index (χ0) is 13.7. The Bertz CT molecular complexity index is 123. The van der Waals surface area contributed by atoms with E-state index < -0.39 is 0 Å². The van der Waals surface area contributed by atoms with Crippen LogP contribution in [-0.2, 0) is 0 Å². The SMILES string of the molecule is CC.CC(C)C.CCCN(C)C1CCCCC1. The average Bonchev–Trinajstić information content (AvgIpc) is 2.32. The molecule has 0 radical (unpaired) electrons. The third kappa shape index (κ3) is 13.9. The van der Waals surface area contributed by atoms with Crippen LogP contribution >= 0.6 is 0 Å². The predicted octanol–water partition coefficient (Wildman–Crippen LogP) is 5.35. The lowest BCUT2D eigenvalue weighted by Gasteiger charge is -2.30. The average molecular weight is 243 g/mol. The number of hydrogen-bond acceptors (Lipinski definition) is 1. The van der Waals surface area contributed by atoms with E-state index in [1.807, 2.05) is 13.8 Å². The lowest BCUT2D eigenvalue weighted by Crippen LogP contribution is -2.33. The predicted molar refractivity (Wildman–Crippen MR) is 81.7 cm³/mol. The molecule has 0 bridgehead atoms. The van der Waals surface area contributed by atoms with Gasteiger partial charge in [0.1, 0.15) is 0 Å². The largest absolute Gasteiger partial charge is 0.303 e. The molecule has 0 spiro atoms. The molecule has 1 fully saturated rings. The fourth-order valence-corrected chi connectivity index (χ4v) is 2.06. The van der Waals surface area contributed by atoms with E-state index in [9.17, 15) is 0 Å². The van der Waals surface area contributed by atoms with Crippen molar-refractivity contribution in [2.24, 2.45) is 5.92 Å². The van der Waals surface area contributed by atoms with Crippen LogP contribution in [0.2, 0.25) is 0 Å². The molecule has 0 saturated heterocycles. The molecule has 0 heterocycles. The molecule has 0 aliphatic heterocycles. The van der Waals surface area contributed by atoms with E-state index in [4.69, 9.17) is 0 Å². The molecule has 1 aliphatic rings. The summed E-state index contributed by atoms with van der Waals surface area (Å²) < 4.78 is 0. The van der Waals surface area contributed by atoms with Crippen LogP contribution in [0.1, 0.15) is 80.1 Å². The molecule has 17 heavy (non-hydrogen) atoms. The Kier molecular flexibility index (Phi) is 15.9. The Labute approximate surface area is 111 Å². The van der Waals surface area contributed by atoms with Crippen molar-refractivity contribution in [1.29, 1.82) is 0 Å². The minimum absolute atomic E-state index is 0.833. The Balaban J connectivity index is 0. The Morgan fingerprint density at radius 3 is 1.76 bits per heavy atom. The number of rotatable bonds is 3. The van der Waals surface area contributed by atoms with Crippen molar-refractivity contribution in [3.63, 3.8) is 0 Å². The van der Waals surface area contributed by atoms with Crippen LogP contribution in [0.15, 0.2) is 0 Å². The summed E-state index contributed by atoms with van der Waals surface area (Å²) in [5.74, 6) is 0.833. The maximum absolute atomic E-state index is 2.54. The van der Waals surface area contributed by atoms with Gasteiger partial charge in [0.05, 0.1) is 0 Å². The van der Waals surface area contributed by atoms with Gasteiger partial charge >= 0.3 is 0 Å². The van der Waals surface area contributed by atoms with Crippen molar-refractivity contribution < 1.29 is 0 Å². The van der Waals surface area contributed by atoms with Gasteiger partial charge in [0, 0.05) is 6.04 Å². The zero-order valence-corrected chi connectivity index (χ0v) is 13.6. The normalized spacial score (nSPS) is 16.1. The van der Waals surface area contributed by atoms with Gasteiger partial charge in [-0.15, -0.1) is 0 Å². The molecule has 0 N–H and O–H groups in total. The molecule has 1 saturated carbocycles. The molecule has 1 aliphatic carbocycles. The van der Waals surface area contributed by atoms with Crippen LogP contribution < -0.4 is 0 Å². The molecular formula is C16H37N. The fourth-order valence-electron chi connectivity index (χ4n) is 2.06. The smallest absolute Gasteiger partial charge is 0.00922 e. The molecule has 0 unspecified atom stereocenters. The van der Waals surface area contributed by atoms with Crippen molar-refractivity contribution in [3.8, 4) is 0 Å². The van der Waals surface area contributed by atoms with Crippen molar-refractivity contribution in [1.82, 2.24) is 4.90 Å². The van der Waals surface area contributed by atoms with Gasteiger partial charge in [-0.1, -0.05) is 60.8 Å². The molecule has 1 rings (SSSR count). The molecule has 0 amide bonds. The summed E-state index contributed by atoms with van der Waals surface area (Å²) in [4.78, 5) is 2.54. The second kappa shape index (κ2) is 14.0. The Morgan fingerprint density at radius 1 is 1.00 bits per heavy atom. The topological polar surface area (TPSA) is 3.24 Å². The van der Waals surface area contributed by atoms with Gasteiger partial charge in [-0.25, -0.2) is 0 Å². The summed E-state index contributed by atoms with van der Waals surface area (Å²) in [6.07, 6.45) is 8.56. The van der Waals surface area contributed by atoms with Crippen molar-refractivity contribution in [2.75, 3.05) is 13.6 Å². The van der Waals surface area contributed by atoms with E-state index in [2.05, 4.69) is 39.6 Å². The summed E-state index contributed by atoms with van der Waals surface area (Å²) in [7, 11) is 2.28. The second-order valence-corrected chi connectivity index (χ2v) is 5.50. The first-order valence-electron chi connectivity index (χ1n) is 7.78. The maximum atomic E-state index is 2.54. The monoisotopic (exact) mass is 243 g/mol. The van der Waals surface area contributed by atoms with Gasteiger partial charge in [-0.05, 0) is 38.8 Å². The lowest BCUT2D eigenvalue weighted by atomic mass is 9.94. The standard InChI is InChI=1S/C10H21N.C4H10.C2H6/c1-3-9-11(2)10-7-5-4-6-8-10;1-4(2)3;1-2/h10H,3-9H2,1-2H3;4H,1-3H3;1-2H3. The van der Waals surface area contributed by atoms with E-state index in [1.165, 1.54) is 45.1 Å². The van der Waals surface area contributed by atoms with Crippen LogP contribution in [0.5, 0.6) is 0 Å². The van der Waals surface area contributed by atoms with Gasteiger partial charge < -0.3 is 4.90 Å². The molecule has 106 valence electrons. The summed E-state index contributed by atoms with van der Waals surface area (Å²) in [6.45, 7) is 14.0. The van der Waals surface area contributed by atoms with E-state index >= 15 is 0 Å². The van der Waals surface area contributed by atoms with E-state index in [-0.39, 0.29) is 0 Å². The Morgan fingerprint density at radius 2 is 1.41 bits per heavy atom. The van der Waals surface area contributed by atoms with Crippen LogP contribution in [-0.4, -0.2) is 24.5 Å². The first-order valence-corrected chi connectivity index (χ1v) is 7.78. The zero-order valence-electron chi connectivity index (χ0n) is 13.6. The fraction of sp³-hybridized carbons (Fsp3) is 1.00. The van der Waals surface area contributed by atoms with Crippen molar-refractivity contribution in [3.05, 3.63) is 0 Å². The second-order valence-electron chi connectivity index (χ2n) is 5.50. The molecule has 0 aromatic rings.